The average Bonchev–Trinajstić information content (AvgIpc) is 2.86. The van der Waals surface area contributed by atoms with Crippen LogP contribution in [0.25, 0.3) is 22.6 Å². The van der Waals surface area contributed by atoms with Crippen molar-refractivity contribution in [3.8, 4) is 17.1 Å². The van der Waals surface area contributed by atoms with E-state index >= 15 is 0 Å². The highest BCUT2D eigenvalue weighted by molar-refractivity contribution is 5.81. The number of aromatic nitrogens is 3. The highest BCUT2D eigenvalue weighted by Gasteiger charge is 2.15. The van der Waals surface area contributed by atoms with Gasteiger partial charge >= 0.3 is 0 Å². The molecule has 0 atom stereocenters. The molecule has 0 fully saturated rings. The number of benzene rings is 1. The summed E-state index contributed by atoms with van der Waals surface area (Å²) in [6, 6.07) is 9.42. The molecule has 2 heterocycles. The van der Waals surface area contributed by atoms with E-state index in [2.05, 4.69) is 21.5 Å². The molecule has 5 nitrogen and oxygen atoms in total. The van der Waals surface area contributed by atoms with Crippen molar-refractivity contribution in [2.24, 2.45) is 0 Å². The Hall–Kier alpha value is -2.56. The number of anilines is 1. The first-order valence-corrected chi connectivity index (χ1v) is 6.49. The number of hydrogen-bond acceptors (Lipinski definition) is 4. The van der Waals surface area contributed by atoms with Crippen molar-refractivity contribution in [2.45, 2.75) is 13.5 Å². The number of imidazole rings is 1. The van der Waals surface area contributed by atoms with Crippen LogP contribution in [-0.2, 0) is 6.54 Å². The number of nitrogens with two attached hydrogens (primary N) is 1. The SMILES string of the molecule is CCn1c(-c2cc(OC)ccc2N)nc2cccnc21. The van der Waals surface area contributed by atoms with Gasteiger partial charge in [0, 0.05) is 24.0 Å². The molecule has 0 spiro atoms. The van der Waals surface area contributed by atoms with E-state index < -0.39 is 0 Å². The third-order valence-electron chi connectivity index (χ3n) is 3.32. The first-order valence-electron chi connectivity index (χ1n) is 6.49. The zero-order valence-electron chi connectivity index (χ0n) is 11.5. The predicted octanol–water partition coefficient (Wildman–Crippen LogP) is 2.71. The summed E-state index contributed by atoms with van der Waals surface area (Å²) in [7, 11) is 1.64. The summed E-state index contributed by atoms with van der Waals surface area (Å²) in [6.07, 6.45) is 1.77. The minimum atomic E-state index is 0.677. The Kier molecular flexibility index (Phi) is 3.02. The van der Waals surface area contributed by atoms with Crippen LogP contribution in [0.4, 0.5) is 5.69 Å². The summed E-state index contributed by atoms with van der Waals surface area (Å²) in [5, 5.41) is 0. The number of ether oxygens (including phenoxy) is 1. The molecule has 0 unspecified atom stereocenters. The fourth-order valence-electron chi connectivity index (χ4n) is 2.32. The molecule has 0 saturated heterocycles. The highest BCUT2D eigenvalue weighted by Crippen LogP contribution is 2.31. The molecule has 0 radical (unpaired) electrons. The molecule has 2 N–H and O–H groups in total. The van der Waals surface area contributed by atoms with Crippen LogP contribution in [0, 0.1) is 0 Å². The van der Waals surface area contributed by atoms with E-state index in [1.54, 1.807) is 13.3 Å². The van der Waals surface area contributed by atoms with Crippen molar-refractivity contribution in [1.82, 2.24) is 14.5 Å². The molecule has 3 aromatic rings. The van der Waals surface area contributed by atoms with Crippen molar-refractivity contribution < 1.29 is 4.74 Å². The Labute approximate surface area is 117 Å². The van der Waals surface area contributed by atoms with Crippen LogP contribution in [0.5, 0.6) is 5.75 Å². The molecule has 20 heavy (non-hydrogen) atoms. The van der Waals surface area contributed by atoms with E-state index in [4.69, 9.17) is 10.5 Å². The van der Waals surface area contributed by atoms with Gasteiger partial charge in [-0.05, 0) is 37.3 Å². The van der Waals surface area contributed by atoms with Crippen LogP contribution in [0.15, 0.2) is 36.5 Å². The van der Waals surface area contributed by atoms with Gasteiger partial charge in [0.05, 0.1) is 7.11 Å². The Morgan fingerprint density at radius 3 is 2.90 bits per heavy atom. The lowest BCUT2D eigenvalue weighted by molar-refractivity contribution is 0.415. The fraction of sp³-hybridized carbons (Fsp3) is 0.200. The van der Waals surface area contributed by atoms with Crippen LogP contribution in [0.3, 0.4) is 0 Å². The number of hydrogen-bond donors (Lipinski definition) is 1. The minimum absolute atomic E-state index is 0.677. The fourth-order valence-corrected chi connectivity index (χ4v) is 2.32. The van der Waals surface area contributed by atoms with Gasteiger partial charge in [-0.3, -0.25) is 0 Å². The first-order chi connectivity index (χ1) is 9.74. The summed E-state index contributed by atoms with van der Waals surface area (Å²) < 4.78 is 7.33. The summed E-state index contributed by atoms with van der Waals surface area (Å²) in [4.78, 5) is 9.05. The first kappa shape index (κ1) is 12.5. The van der Waals surface area contributed by atoms with Gasteiger partial charge < -0.3 is 15.0 Å². The van der Waals surface area contributed by atoms with Crippen molar-refractivity contribution >= 4 is 16.9 Å². The number of nitrogen functional groups attached to an aromatic ring is 1. The summed E-state index contributed by atoms with van der Waals surface area (Å²) in [6.45, 7) is 2.84. The molecule has 0 aliphatic heterocycles. The second-order valence-electron chi connectivity index (χ2n) is 4.48. The quantitative estimate of drug-likeness (QED) is 0.742. The Balaban J connectivity index is 2.28. The van der Waals surface area contributed by atoms with Crippen molar-refractivity contribution in [1.29, 1.82) is 0 Å². The second-order valence-corrected chi connectivity index (χ2v) is 4.48. The van der Waals surface area contributed by atoms with Crippen LogP contribution >= 0.6 is 0 Å². The second kappa shape index (κ2) is 4.85. The standard InChI is InChI=1S/C15H16N4O/c1-3-19-14(18-13-5-4-8-17-15(13)19)11-9-10(20-2)6-7-12(11)16/h4-9H,3,16H2,1-2H3. The average molecular weight is 268 g/mol. The third-order valence-corrected chi connectivity index (χ3v) is 3.32. The number of rotatable bonds is 3. The lowest BCUT2D eigenvalue weighted by Gasteiger charge is -2.09. The van der Waals surface area contributed by atoms with Gasteiger partial charge in [-0.25, -0.2) is 9.97 Å². The van der Waals surface area contributed by atoms with E-state index in [1.807, 2.05) is 30.3 Å². The van der Waals surface area contributed by atoms with E-state index in [0.717, 1.165) is 34.8 Å². The van der Waals surface area contributed by atoms with Crippen molar-refractivity contribution in [3.05, 3.63) is 36.5 Å². The lowest BCUT2D eigenvalue weighted by atomic mass is 10.1. The number of fused-ring (bicyclic) bond motifs is 1. The van der Waals surface area contributed by atoms with Gasteiger partial charge in [0.1, 0.15) is 17.1 Å². The maximum Gasteiger partial charge on any atom is 0.160 e. The van der Waals surface area contributed by atoms with E-state index in [1.165, 1.54) is 0 Å². The monoisotopic (exact) mass is 268 g/mol. The Morgan fingerprint density at radius 2 is 2.15 bits per heavy atom. The van der Waals surface area contributed by atoms with Crippen molar-refractivity contribution in [2.75, 3.05) is 12.8 Å². The minimum Gasteiger partial charge on any atom is -0.497 e. The van der Waals surface area contributed by atoms with Gasteiger partial charge in [-0.15, -0.1) is 0 Å². The van der Waals surface area contributed by atoms with Gasteiger partial charge in [0.15, 0.2) is 5.65 Å². The number of pyridine rings is 1. The van der Waals surface area contributed by atoms with Crippen LogP contribution < -0.4 is 10.5 Å². The topological polar surface area (TPSA) is 66.0 Å². The highest BCUT2D eigenvalue weighted by atomic mass is 16.5. The number of methoxy groups -OCH3 is 1. The molecule has 0 aliphatic rings. The largest absolute Gasteiger partial charge is 0.497 e. The maximum atomic E-state index is 6.09. The molecule has 0 bridgehead atoms. The summed E-state index contributed by atoms with van der Waals surface area (Å²) in [5.74, 6) is 1.58. The molecule has 2 aromatic heterocycles. The predicted molar refractivity (Wildman–Crippen MR) is 79.6 cm³/mol. The maximum absolute atomic E-state index is 6.09. The molecular weight excluding hydrogens is 252 g/mol. The summed E-state index contributed by atoms with van der Waals surface area (Å²) in [5.41, 5.74) is 9.37. The normalized spacial score (nSPS) is 10.9. The molecule has 0 aliphatic carbocycles. The summed E-state index contributed by atoms with van der Waals surface area (Å²) >= 11 is 0. The number of nitrogens with zero attached hydrogens (tertiary/aromatic N) is 3. The van der Waals surface area contributed by atoms with Gasteiger partial charge in [0.25, 0.3) is 0 Å². The number of aryl methyl sites for hydroxylation is 1. The molecule has 5 heteroatoms. The van der Waals surface area contributed by atoms with Gasteiger partial charge in [0.2, 0.25) is 0 Å². The lowest BCUT2D eigenvalue weighted by Crippen LogP contribution is -2.01. The van der Waals surface area contributed by atoms with E-state index in [-0.39, 0.29) is 0 Å². The smallest absolute Gasteiger partial charge is 0.160 e. The van der Waals surface area contributed by atoms with Gasteiger partial charge in [-0.2, -0.15) is 0 Å². The van der Waals surface area contributed by atoms with E-state index in [9.17, 15) is 0 Å². The zero-order chi connectivity index (χ0) is 14.1. The molecular formula is C15H16N4O. The Bertz CT molecular complexity index is 764. The third kappa shape index (κ3) is 1.87. The molecule has 102 valence electrons. The van der Waals surface area contributed by atoms with Crippen LogP contribution in [-0.4, -0.2) is 21.6 Å². The molecule has 3 rings (SSSR count). The van der Waals surface area contributed by atoms with Crippen LogP contribution in [0.2, 0.25) is 0 Å². The van der Waals surface area contributed by atoms with E-state index in [0.29, 0.717) is 5.69 Å². The van der Waals surface area contributed by atoms with Crippen LogP contribution in [0.1, 0.15) is 6.92 Å². The zero-order valence-corrected chi connectivity index (χ0v) is 11.5. The molecule has 0 saturated carbocycles. The van der Waals surface area contributed by atoms with Crippen molar-refractivity contribution in [3.63, 3.8) is 0 Å². The molecule has 0 amide bonds. The Morgan fingerprint density at radius 1 is 1.30 bits per heavy atom. The van der Waals surface area contributed by atoms with Gasteiger partial charge in [-0.1, -0.05) is 0 Å². The molecule has 1 aromatic carbocycles.